The number of rotatable bonds is 2. The molecule has 1 N–H and O–H groups in total. The fourth-order valence-electron chi connectivity index (χ4n) is 1.24. The fraction of sp³-hybridized carbons (Fsp3) is 0.100. The molecule has 0 amide bonds. The Kier molecular flexibility index (Phi) is 2.70. The Labute approximate surface area is 92.4 Å². The monoisotopic (exact) mass is 216 g/mol. The van der Waals surface area contributed by atoms with E-state index in [2.05, 4.69) is 33.9 Å². The number of aromatic nitrogens is 3. The molecule has 0 saturated heterocycles. The first kappa shape index (κ1) is 9.74. The van der Waals surface area contributed by atoms with Crippen LogP contribution in [0.2, 0.25) is 0 Å². The Morgan fingerprint density at radius 3 is 2.60 bits per heavy atom. The quantitative estimate of drug-likeness (QED) is 0.751. The van der Waals surface area contributed by atoms with E-state index >= 15 is 0 Å². The standard InChI is InChI=1S/C10H8N4S/c11-5-7-1-3-8(4-2-7)9(15)10-12-6-13-14-10/h1-4,6,9,15H,(H,12,13,14). The van der Waals surface area contributed by atoms with Gasteiger partial charge in [-0.15, -0.1) is 0 Å². The second kappa shape index (κ2) is 4.15. The van der Waals surface area contributed by atoms with Crippen molar-refractivity contribution in [1.29, 1.82) is 5.26 Å². The number of aromatic amines is 1. The molecule has 1 aromatic carbocycles. The lowest BCUT2D eigenvalue weighted by Crippen LogP contribution is -1.96. The van der Waals surface area contributed by atoms with Crippen molar-refractivity contribution in [3.63, 3.8) is 0 Å². The van der Waals surface area contributed by atoms with Crippen LogP contribution < -0.4 is 0 Å². The summed E-state index contributed by atoms with van der Waals surface area (Å²) >= 11 is 4.42. The van der Waals surface area contributed by atoms with Crippen molar-refractivity contribution in [2.45, 2.75) is 5.25 Å². The van der Waals surface area contributed by atoms with Gasteiger partial charge in [0.05, 0.1) is 16.9 Å². The molecule has 0 spiro atoms. The van der Waals surface area contributed by atoms with Crippen molar-refractivity contribution in [2.24, 2.45) is 0 Å². The van der Waals surface area contributed by atoms with Crippen LogP contribution in [0.4, 0.5) is 0 Å². The van der Waals surface area contributed by atoms with Crippen molar-refractivity contribution in [3.05, 3.63) is 47.5 Å². The number of nitrogens with one attached hydrogen (secondary N) is 1. The summed E-state index contributed by atoms with van der Waals surface area (Å²) in [6, 6.07) is 9.30. The van der Waals surface area contributed by atoms with Gasteiger partial charge < -0.3 is 0 Å². The van der Waals surface area contributed by atoms with E-state index in [4.69, 9.17) is 5.26 Å². The molecular formula is C10H8N4S. The molecule has 1 heterocycles. The zero-order valence-corrected chi connectivity index (χ0v) is 8.65. The molecule has 1 unspecified atom stereocenters. The fourth-order valence-corrected chi connectivity index (χ4v) is 1.54. The van der Waals surface area contributed by atoms with Crippen molar-refractivity contribution in [2.75, 3.05) is 0 Å². The third kappa shape index (κ3) is 2.00. The van der Waals surface area contributed by atoms with Gasteiger partial charge in [-0.1, -0.05) is 12.1 Å². The Bertz CT molecular complexity index is 469. The molecule has 4 nitrogen and oxygen atoms in total. The molecule has 0 fully saturated rings. The molecule has 74 valence electrons. The van der Waals surface area contributed by atoms with Gasteiger partial charge in [0.15, 0.2) is 0 Å². The molecule has 2 aromatic rings. The van der Waals surface area contributed by atoms with Crippen LogP contribution in [0.25, 0.3) is 0 Å². The van der Waals surface area contributed by atoms with Crippen LogP contribution in [-0.2, 0) is 0 Å². The number of H-pyrrole nitrogens is 1. The summed E-state index contributed by atoms with van der Waals surface area (Å²) in [7, 11) is 0. The number of nitrogens with zero attached hydrogens (tertiary/aromatic N) is 3. The molecular weight excluding hydrogens is 208 g/mol. The van der Waals surface area contributed by atoms with Crippen LogP contribution in [0.15, 0.2) is 30.6 Å². The molecule has 15 heavy (non-hydrogen) atoms. The van der Waals surface area contributed by atoms with Gasteiger partial charge in [0.2, 0.25) is 0 Å². The number of hydrogen-bond donors (Lipinski definition) is 2. The average Bonchev–Trinajstić information content (AvgIpc) is 2.82. The number of hydrogen-bond acceptors (Lipinski definition) is 4. The molecule has 2 rings (SSSR count). The molecule has 1 aromatic heterocycles. The van der Waals surface area contributed by atoms with Crippen LogP contribution in [0, 0.1) is 11.3 Å². The summed E-state index contributed by atoms with van der Waals surface area (Å²) in [5.41, 5.74) is 1.62. The van der Waals surface area contributed by atoms with Gasteiger partial charge in [-0.3, -0.25) is 5.10 Å². The van der Waals surface area contributed by atoms with Gasteiger partial charge in [0.1, 0.15) is 12.2 Å². The highest BCUT2D eigenvalue weighted by Crippen LogP contribution is 2.24. The first-order valence-corrected chi connectivity index (χ1v) is 4.86. The maximum Gasteiger partial charge on any atom is 0.141 e. The molecule has 1 atom stereocenters. The van der Waals surface area contributed by atoms with Crippen LogP contribution in [0.3, 0.4) is 0 Å². The van der Waals surface area contributed by atoms with Gasteiger partial charge in [-0.2, -0.15) is 23.0 Å². The van der Waals surface area contributed by atoms with Crippen LogP contribution in [0.1, 0.15) is 22.2 Å². The highest BCUT2D eigenvalue weighted by molar-refractivity contribution is 7.80. The lowest BCUT2D eigenvalue weighted by atomic mass is 10.1. The zero-order chi connectivity index (χ0) is 10.7. The van der Waals surface area contributed by atoms with Crippen molar-refractivity contribution in [3.8, 4) is 6.07 Å². The van der Waals surface area contributed by atoms with E-state index in [9.17, 15) is 0 Å². The number of thiol groups is 1. The molecule has 0 bridgehead atoms. The van der Waals surface area contributed by atoms with Gasteiger partial charge in [-0.05, 0) is 17.7 Å². The minimum atomic E-state index is -0.139. The predicted octanol–water partition coefficient (Wildman–Crippen LogP) is 1.70. The van der Waals surface area contributed by atoms with Crippen LogP contribution >= 0.6 is 12.6 Å². The van der Waals surface area contributed by atoms with E-state index in [-0.39, 0.29) is 5.25 Å². The van der Waals surface area contributed by atoms with Crippen molar-refractivity contribution < 1.29 is 0 Å². The van der Waals surface area contributed by atoms with Gasteiger partial charge in [-0.25, -0.2) is 4.98 Å². The maximum absolute atomic E-state index is 8.65. The molecule has 0 aliphatic carbocycles. The highest BCUT2D eigenvalue weighted by Gasteiger charge is 2.11. The summed E-state index contributed by atoms with van der Waals surface area (Å²) in [6.45, 7) is 0. The lowest BCUT2D eigenvalue weighted by Gasteiger charge is -2.06. The minimum absolute atomic E-state index is 0.139. The first-order chi connectivity index (χ1) is 7.31. The van der Waals surface area contributed by atoms with E-state index in [0.29, 0.717) is 11.4 Å². The predicted molar refractivity (Wildman–Crippen MR) is 58.4 cm³/mol. The van der Waals surface area contributed by atoms with E-state index in [1.807, 2.05) is 12.1 Å². The summed E-state index contributed by atoms with van der Waals surface area (Å²) < 4.78 is 0. The Morgan fingerprint density at radius 2 is 2.07 bits per heavy atom. The van der Waals surface area contributed by atoms with Crippen molar-refractivity contribution >= 4 is 12.6 Å². The SMILES string of the molecule is N#Cc1ccc(C(S)c2ncn[nH]2)cc1. The zero-order valence-electron chi connectivity index (χ0n) is 7.75. The molecule has 0 aliphatic heterocycles. The maximum atomic E-state index is 8.65. The summed E-state index contributed by atoms with van der Waals surface area (Å²) in [6.07, 6.45) is 1.45. The summed E-state index contributed by atoms with van der Waals surface area (Å²) in [5.74, 6) is 0.697. The third-order valence-electron chi connectivity index (χ3n) is 2.05. The topological polar surface area (TPSA) is 65.4 Å². The smallest absolute Gasteiger partial charge is 0.141 e. The largest absolute Gasteiger partial charge is 0.262 e. The second-order valence-corrected chi connectivity index (χ2v) is 3.52. The Hall–Kier alpha value is -1.80. The lowest BCUT2D eigenvalue weighted by molar-refractivity contribution is 0.960. The first-order valence-electron chi connectivity index (χ1n) is 4.34. The molecule has 0 aliphatic rings. The van der Waals surface area contributed by atoms with Gasteiger partial charge >= 0.3 is 0 Å². The number of nitriles is 1. The van der Waals surface area contributed by atoms with Gasteiger partial charge in [0.25, 0.3) is 0 Å². The van der Waals surface area contributed by atoms with Crippen LogP contribution in [-0.4, -0.2) is 15.2 Å². The normalized spacial score (nSPS) is 12.0. The van der Waals surface area contributed by atoms with Gasteiger partial charge in [0, 0.05) is 0 Å². The van der Waals surface area contributed by atoms with E-state index in [0.717, 1.165) is 5.56 Å². The average molecular weight is 216 g/mol. The highest BCUT2D eigenvalue weighted by atomic mass is 32.1. The van der Waals surface area contributed by atoms with Crippen molar-refractivity contribution in [1.82, 2.24) is 15.2 Å². The molecule has 0 saturated carbocycles. The van der Waals surface area contributed by atoms with E-state index in [1.54, 1.807) is 12.1 Å². The molecule has 5 heteroatoms. The summed E-state index contributed by atoms with van der Waals surface area (Å²) in [4.78, 5) is 4.03. The Balaban J connectivity index is 2.27. The number of benzene rings is 1. The van der Waals surface area contributed by atoms with Crippen LogP contribution in [0.5, 0.6) is 0 Å². The second-order valence-electron chi connectivity index (χ2n) is 3.01. The van der Waals surface area contributed by atoms with E-state index in [1.165, 1.54) is 6.33 Å². The molecule has 0 radical (unpaired) electrons. The summed E-state index contributed by atoms with van der Waals surface area (Å²) in [5, 5.41) is 15.0. The minimum Gasteiger partial charge on any atom is -0.262 e. The Morgan fingerprint density at radius 1 is 1.33 bits per heavy atom. The third-order valence-corrected chi connectivity index (χ3v) is 2.59. The van der Waals surface area contributed by atoms with E-state index < -0.39 is 0 Å².